The Morgan fingerprint density at radius 2 is 1.68 bits per heavy atom. The first-order chi connectivity index (χ1) is 25.6. The molecule has 7 rings (SSSR count). The third kappa shape index (κ3) is 6.55. The summed E-state index contributed by atoms with van der Waals surface area (Å²) in [7, 11) is 1.64. The molecule has 3 aliphatic heterocycles. The summed E-state index contributed by atoms with van der Waals surface area (Å²) >= 11 is 0. The van der Waals surface area contributed by atoms with Crippen LogP contribution in [0.2, 0.25) is 0 Å². The summed E-state index contributed by atoms with van der Waals surface area (Å²) in [5.41, 5.74) is 3.22. The molecule has 0 saturated carbocycles. The minimum absolute atomic E-state index is 0.0343. The lowest BCUT2D eigenvalue weighted by Gasteiger charge is -2.39. The molecule has 1 N–H and O–H groups in total. The van der Waals surface area contributed by atoms with Crippen LogP contribution in [0.1, 0.15) is 49.4 Å². The number of fused-ring (bicyclic) bond motifs is 2. The average Bonchev–Trinajstić information content (AvgIpc) is 3.80. The highest BCUT2D eigenvalue weighted by Gasteiger charge is 2.66. The Kier molecular flexibility index (Phi) is 10.0. The van der Waals surface area contributed by atoms with Crippen LogP contribution in [0.3, 0.4) is 0 Å². The van der Waals surface area contributed by atoms with Gasteiger partial charge in [-0.05, 0) is 52.4 Å². The molecule has 0 unspecified atom stereocenters. The number of hydrogen-bond acceptors (Lipinski definition) is 7. The van der Waals surface area contributed by atoms with Crippen LogP contribution in [0.5, 0.6) is 5.75 Å². The fraction of sp³-hybridized carbons (Fsp3) is 0.372. The number of aliphatic hydroxyl groups excluding tert-OH is 1. The van der Waals surface area contributed by atoms with E-state index in [0.29, 0.717) is 25.4 Å². The van der Waals surface area contributed by atoms with Gasteiger partial charge in [-0.2, -0.15) is 0 Å². The third-order valence-corrected chi connectivity index (χ3v) is 11.4. The van der Waals surface area contributed by atoms with E-state index in [1.165, 1.54) is 0 Å². The Hall–Kier alpha value is -5.19. The van der Waals surface area contributed by atoms with Crippen LogP contribution in [-0.4, -0.2) is 67.4 Å². The average molecular weight is 718 g/mol. The number of aliphatic hydroxyl groups is 1. The van der Waals surface area contributed by atoms with E-state index in [4.69, 9.17) is 14.2 Å². The van der Waals surface area contributed by atoms with Gasteiger partial charge in [-0.1, -0.05) is 93.6 Å². The van der Waals surface area contributed by atoms with Gasteiger partial charge in [0, 0.05) is 36.2 Å². The van der Waals surface area contributed by atoms with Gasteiger partial charge in [0.1, 0.15) is 12.4 Å². The van der Waals surface area contributed by atoms with E-state index in [1.54, 1.807) is 21.8 Å². The zero-order chi connectivity index (χ0) is 37.3. The summed E-state index contributed by atoms with van der Waals surface area (Å²) in [6, 6.07) is 33.1. The van der Waals surface area contributed by atoms with Crippen LogP contribution in [0.15, 0.2) is 103 Å². The van der Waals surface area contributed by atoms with Gasteiger partial charge in [-0.3, -0.25) is 14.5 Å². The number of cyclic esters (lactones) is 1. The Labute approximate surface area is 310 Å². The van der Waals surface area contributed by atoms with Gasteiger partial charge in [0.15, 0.2) is 5.60 Å². The Morgan fingerprint density at radius 3 is 2.38 bits per heavy atom. The summed E-state index contributed by atoms with van der Waals surface area (Å²) in [4.78, 5) is 46.8. The van der Waals surface area contributed by atoms with Crippen molar-refractivity contribution in [2.24, 2.45) is 11.8 Å². The Balaban J connectivity index is 1.26. The predicted molar refractivity (Wildman–Crippen MR) is 202 cm³/mol. The first-order valence-corrected chi connectivity index (χ1v) is 18.3. The fourth-order valence-corrected chi connectivity index (χ4v) is 8.78. The van der Waals surface area contributed by atoms with Crippen molar-refractivity contribution in [3.63, 3.8) is 0 Å². The number of hydrogen-bond donors (Lipinski definition) is 1. The van der Waals surface area contributed by atoms with Crippen molar-refractivity contribution in [2.45, 2.75) is 57.4 Å². The smallest absolute Gasteiger partial charge is 0.414 e. The standard InChI is InChI=1S/C43H47N3O7/c1-29-39(42(2,3)32-17-19-34(51-4)20-18-32)37(26-38(48)44(21-23-47)27-30-11-6-5-7-12-30)53-43(29)35-15-8-9-16-36(35)46(40(43)49)28-31-13-10-14-33(25-31)45-22-24-52-41(45)50/h5-20,25,29,37,39,47H,21-24,26-28H2,1-4H3/t29-,37+,39-,43+/m0/s1. The van der Waals surface area contributed by atoms with Crippen molar-refractivity contribution >= 4 is 29.3 Å². The monoisotopic (exact) mass is 717 g/mol. The third-order valence-electron chi connectivity index (χ3n) is 11.4. The number of anilines is 2. The molecule has 276 valence electrons. The Morgan fingerprint density at radius 1 is 0.962 bits per heavy atom. The second-order valence-electron chi connectivity index (χ2n) is 14.7. The largest absolute Gasteiger partial charge is 0.497 e. The highest BCUT2D eigenvalue weighted by molar-refractivity contribution is 6.07. The van der Waals surface area contributed by atoms with E-state index in [2.05, 4.69) is 20.8 Å². The number of methoxy groups -OCH3 is 1. The number of carbonyl (C=O) groups is 3. The summed E-state index contributed by atoms with van der Waals surface area (Å²) in [6.07, 6.45) is -0.982. The van der Waals surface area contributed by atoms with Crippen molar-refractivity contribution in [2.75, 3.05) is 43.2 Å². The summed E-state index contributed by atoms with van der Waals surface area (Å²) in [5.74, 6) is -0.207. The molecule has 1 spiro atoms. The molecule has 2 saturated heterocycles. The van der Waals surface area contributed by atoms with E-state index in [1.807, 2.05) is 103 Å². The molecule has 4 aromatic carbocycles. The van der Waals surface area contributed by atoms with Crippen molar-refractivity contribution in [1.82, 2.24) is 4.90 Å². The number of benzene rings is 4. The number of ether oxygens (including phenoxy) is 3. The van der Waals surface area contributed by atoms with Gasteiger partial charge in [0.2, 0.25) is 5.91 Å². The van der Waals surface area contributed by atoms with Crippen LogP contribution in [0, 0.1) is 11.8 Å². The molecule has 10 nitrogen and oxygen atoms in total. The van der Waals surface area contributed by atoms with Gasteiger partial charge >= 0.3 is 6.09 Å². The quantitative estimate of drug-likeness (QED) is 0.180. The molecule has 53 heavy (non-hydrogen) atoms. The molecule has 0 aliphatic carbocycles. The van der Waals surface area contributed by atoms with Crippen molar-refractivity contribution < 1.29 is 33.7 Å². The van der Waals surface area contributed by atoms with Crippen molar-refractivity contribution in [3.05, 3.63) is 125 Å². The number of carbonyl (C=O) groups excluding carboxylic acids is 3. The molecule has 2 fully saturated rings. The van der Waals surface area contributed by atoms with E-state index in [9.17, 15) is 14.7 Å². The minimum Gasteiger partial charge on any atom is -0.497 e. The first-order valence-electron chi connectivity index (χ1n) is 18.3. The summed E-state index contributed by atoms with van der Waals surface area (Å²) in [5, 5.41) is 9.98. The molecular formula is C43H47N3O7. The lowest BCUT2D eigenvalue weighted by molar-refractivity contribution is -0.150. The highest BCUT2D eigenvalue weighted by atomic mass is 16.6. The highest BCUT2D eigenvalue weighted by Crippen LogP contribution is 2.60. The number of para-hydroxylation sites is 1. The molecule has 0 radical (unpaired) electrons. The number of amides is 3. The van der Waals surface area contributed by atoms with E-state index in [-0.39, 0.29) is 55.9 Å². The fourth-order valence-electron chi connectivity index (χ4n) is 8.78. The van der Waals surface area contributed by atoms with Crippen LogP contribution in [0.25, 0.3) is 0 Å². The molecule has 3 heterocycles. The Bertz CT molecular complexity index is 1970. The van der Waals surface area contributed by atoms with Gasteiger partial charge in [-0.15, -0.1) is 0 Å². The minimum atomic E-state index is -1.35. The van der Waals surface area contributed by atoms with E-state index >= 15 is 4.79 Å². The van der Waals surface area contributed by atoms with Gasteiger partial charge < -0.3 is 29.1 Å². The van der Waals surface area contributed by atoms with Crippen molar-refractivity contribution in [3.8, 4) is 5.75 Å². The molecule has 0 bridgehead atoms. The zero-order valence-electron chi connectivity index (χ0n) is 30.7. The lowest BCUT2D eigenvalue weighted by atomic mass is 9.63. The predicted octanol–water partition coefficient (Wildman–Crippen LogP) is 6.43. The molecule has 0 aromatic heterocycles. The van der Waals surface area contributed by atoms with E-state index in [0.717, 1.165) is 33.7 Å². The SMILES string of the molecule is COc1ccc(C(C)(C)[C@@H]2[C@@H](CC(=O)N(CCO)Cc3ccccc3)O[C@]3(C(=O)N(Cc4cccc(N5CCOC5=O)c4)c4ccccc43)[C@H]2C)cc1. The molecule has 10 heteroatoms. The molecular weight excluding hydrogens is 670 g/mol. The molecule has 3 aliphatic rings. The second kappa shape index (κ2) is 14.7. The van der Waals surface area contributed by atoms with Crippen molar-refractivity contribution in [1.29, 1.82) is 0 Å². The molecule has 3 amide bonds. The van der Waals surface area contributed by atoms with Gasteiger partial charge in [0.05, 0.1) is 45.0 Å². The normalized spacial score (nSPS) is 22.3. The second-order valence-corrected chi connectivity index (χ2v) is 14.7. The van der Waals surface area contributed by atoms with Gasteiger partial charge in [-0.25, -0.2) is 4.79 Å². The molecule has 4 aromatic rings. The summed E-state index contributed by atoms with van der Waals surface area (Å²) in [6.45, 7) is 7.81. The topological polar surface area (TPSA) is 109 Å². The zero-order valence-corrected chi connectivity index (χ0v) is 30.7. The number of rotatable bonds is 12. The van der Waals surface area contributed by atoms with E-state index < -0.39 is 17.1 Å². The maximum Gasteiger partial charge on any atom is 0.414 e. The summed E-state index contributed by atoms with van der Waals surface area (Å²) < 4.78 is 17.8. The maximum absolute atomic E-state index is 15.2. The van der Waals surface area contributed by atoms with Crippen LogP contribution >= 0.6 is 0 Å². The van der Waals surface area contributed by atoms with Gasteiger partial charge in [0.25, 0.3) is 5.91 Å². The van der Waals surface area contributed by atoms with Crippen LogP contribution in [-0.2, 0) is 43.2 Å². The van der Waals surface area contributed by atoms with Crippen LogP contribution < -0.4 is 14.5 Å². The van der Waals surface area contributed by atoms with Crippen LogP contribution in [0.4, 0.5) is 16.2 Å². The maximum atomic E-state index is 15.2. The molecule has 4 atom stereocenters. The first kappa shape index (κ1) is 36.2. The lowest BCUT2D eigenvalue weighted by Crippen LogP contribution is -2.45. The number of nitrogens with zero attached hydrogens (tertiary/aromatic N) is 3.